The minimum Gasteiger partial charge on any atom is -0.482 e. The maximum Gasteiger partial charge on any atom is 0.227 e. The van der Waals surface area contributed by atoms with E-state index in [2.05, 4.69) is 16.2 Å². The van der Waals surface area contributed by atoms with Gasteiger partial charge in [-0.05, 0) is 36.4 Å². The van der Waals surface area contributed by atoms with Crippen LogP contribution in [0.1, 0.15) is 42.6 Å². The van der Waals surface area contributed by atoms with Crippen molar-refractivity contribution in [2.75, 3.05) is 6.54 Å². The Hall–Kier alpha value is -1.88. The Bertz CT molecular complexity index is 618. The fourth-order valence-corrected chi connectivity index (χ4v) is 3.25. The van der Waals surface area contributed by atoms with Gasteiger partial charge in [0.1, 0.15) is 5.75 Å². The Balaban J connectivity index is 1.48. The van der Waals surface area contributed by atoms with Crippen LogP contribution in [-0.2, 0) is 12.8 Å². The third-order valence-corrected chi connectivity index (χ3v) is 4.79. The van der Waals surface area contributed by atoms with Gasteiger partial charge >= 0.3 is 0 Å². The highest BCUT2D eigenvalue weighted by atomic mass is 16.5. The topological polar surface area (TPSA) is 74.2 Å². The summed E-state index contributed by atoms with van der Waals surface area (Å²) in [6.45, 7) is 0.691. The molecule has 1 aromatic carbocycles. The molecular weight excluding hydrogens is 266 g/mol. The summed E-state index contributed by atoms with van der Waals surface area (Å²) in [5.41, 5.74) is 7.27. The second-order valence-corrected chi connectivity index (χ2v) is 6.20. The molecule has 2 aromatic rings. The Labute approximate surface area is 123 Å². The number of hydrogen-bond donors (Lipinski definition) is 1. The standard InChI is InChI=1S/C16H19N3O2/c17-10-16(6-3-7-16)9-14-18-15(19-21-14)13-8-11-4-1-2-5-12(11)20-13/h1-2,4-5,13H,3,6-10,17H2. The van der Waals surface area contributed by atoms with Crippen molar-refractivity contribution in [2.24, 2.45) is 11.1 Å². The highest BCUT2D eigenvalue weighted by Crippen LogP contribution is 2.42. The van der Waals surface area contributed by atoms with Crippen molar-refractivity contribution >= 4 is 0 Å². The van der Waals surface area contributed by atoms with Crippen molar-refractivity contribution in [3.63, 3.8) is 0 Å². The van der Waals surface area contributed by atoms with Crippen LogP contribution in [-0.4, -0.2) is 16.7 Å². The van der Waals surface area contributed by atoms with Gasteiger partial charge in [-0.2, -0.15) is 4.98 Å². The van der Waals surface area contributed by atoms with E-state index >= 15 is 0 Å². The van der Waals surface area contributed by atoms with E-state index in [1.165, 1.54) is 12.0 Å². The van der Waals surface area contributed by atoms with Gasteiger partial charge in [-0.1, -0.05) is 29.8 Å². The summed E-state index contributed by atoms with van der Waals surface area (Å²) in [5, 5.41) is 4.11. The Kier molecular flexibility index (Phi) is 2.96. The van der Waals surface area contributed by atoms with Crippen LogP contribution in [0.3, 0.4) is 0 Å². The molecule has 4 rings (SSSR count). The third kappa shape index (κ3) is 2.21. The molecule has 2 heterocycles. The summed E-state index contributed by atoms with van der Waals surface area (Å²) in [5.74, 6) is 2.26. The van der Waals surface area contributed by atoms with E-state index in [-0.39, 0.29) is 11.5 Å². The van der Waals surface area contributed by atoms with Gasteiger partial charge in [0, 0.05) is 12.8 Å². The van der Waals surface area contributed by atoms with E-state index in [0.717, 1.165) is 31.4 Å². The maximum absolute atomic E-state index is 5.89. The van der Waals surface area contributed by atoms with Crippen LogP contribution in [0.4, 0.5) is 0 Å². The van der Waals surface area contributed by atoms with Gasteiger partial charge in [0.15, 0.2) is 6.10 Å². The largest absolute Gasteiger partial charge is 0.482 e. The van der Waals surface area contributed by atoms with E-state index in [9.17, 15) is 0 Å². The molecule has 0 spiro atoms. The van der Waals surface area contributed by atoms with E-state index in [1.807, 2.05) is 18.2 Å². The quantitative estimate of drug-likeness (QED) is 0.933. The number of rotatable bonds is 4. The van der Waals surface area contributed by atoms with Crippen LogP contribution < -0.4 is 10.5 Å². The van der Waals surface area contributed by atoms with Gasteiger partial charge in [-0.3, -0.25) is 0 Å². The number of nitrogens with zero attached hydrogens (tertiary/aromatic N) is 2. The monoisotopic (exact) mass is 285 g/mol. The maximum atomic E-state index is 5.89. The fraction of sp³-hybridized carbons (Fsp3) is 0.500. The molecule has 2 N–H and O–H groups in total. The molecule has 1 atom stereocenters. The van der Waals surface area contributed by atoms with Crippen LogP contribution in [0.2, 0.25) is 0 Å². The summed E-state index contributed by atoms with van der Waals surface area (Å²) in [4.78, 5) is 4.53. The summed E-state index contributed by atoms with van der Waals surface area (Å²) < 4.78 is 11.3. The minimum absolute atomic E-state index is 0.130. The summed E-state index contributed by atoms with van der Waals surface area (Å²) in [7, 11) is 0. The molecule has 1 unspecified atom stereocenters. The summed E-state index contributed by atoms with van der Waals surface area (Å²) in [6, 6.07) is 8.06. The number of aromatic nitrogens is 2. The van der Waals surface area contributed by atoms with Crippen molar-refractivity contribution in [1.29, 1.82) is 0 Å². The summed E-state index contributed by atoms with van der Waals surface area (Å²) >= 11 is 0. The lowest BCUT2D eigenvalue weighted by Crippen LogP contribution is -2.39. The predicted octanol–water partition coefficient (Wildman–Crippen LogP) is 2.42. The first-order valence-corrected chi connectivity index (χ1v) is 7.55. The number of ether oxygens (including phenoxy) is 1. The van der Waals surface area contributed by atoms with Crippen molar-refractivity contribution in [2.45, 2.75) is 38.2 Å². The summed E-state index contributed by atoms with van der Waals surface area (Å²) in [6.07, 6.45) is 5.03. The fourth-order valence-electron chi connectivity index (χ4n) is 3.25. The first-order chi connectivity index (χ1) is 10.3. The zero-order valence-corrected chi connectivity index (χ0v) is 11.9. The van der Waals surface area contributed by atoms with Crippen LogP contribution in [0.25, 0.3) is 0 Å². The van der Waals surface area contributed by atoms with Gasteiger partial charge in [-0.25, -0.2) is 0 Å². The van der Waals surface area contributed by atoms with E-state index in [4.69, 9.17) is 15.0 Å². The van der Waals surface area contributed by atoms with Crippen LogP contribution in [0.15, 0.2) is 28.8 Å². The molecule has 0 bridgehead atoms. The van der Waals surface area contributed by atoms with Crippen LogP contribution >= 0.6 is 0 Å². The average Bonchev–Trinajstić information content (AvgIpc) is 3.09. The zero-order valence-electron chi connectivity index (χ0n) is 11.9. The molecule has 1 saturated carbocycles. The lowest BCUT2D eigenvalue weighted by molar-refractivity contribution is 0.129. The normalized spacial score (nSPS) is 22.4. The first kappa shape index (κ1) is 12.8. The molecule has 2 aliphatic rings. The second-order valence-electron chi connectivity index (χ2n) is 6.20. The van der Waals surface area contributed by atoms with E-state index < -0.39 is 0 Å². The minimum atomic E-state index is -0.130. The highest BCUT2D eigenvalue weighted by Gasteiger charge is 2.38. The average molecular weight is 285 g/mol. The number of fused-ring (bicyclic) bond motifs is 1. The lowest BCUT2D eigenvalue weighted by Gasteiger charge is -2.39. The van der Waals surface area contributed by atoms with Crippen LogP contribution in [0, 0.1) is 5.41 Å². The van der Waals surface area contributed by atoms with Crippen molar-refractivity contribution in [3.05, 3.63) is 41.5 Å². The lowest BCUT2D eigenvalue weighted by atomic mass is 9.67. The van der Waals surface area contributed by atoms with Gasteiger partial charge in [-0.15, -0.1) is 0 Å². The van der Waals surface area contributed by atoms with Crippen molar-refractivity contribution < 1.29 is 9.26 Å². The highest BCUT2D eigenvalue weighted by molar-refractivity contribution is 5.37. The Morgan fingerprint density at radius 3 is 2.86 bits per heavy atom. The molecule has 1 fully saturated rings. The molecule has 1 aromatic heterocycles. The molecule has 1 aliphatic carbocycles. The molecule has 0 amide bonds. The smallest absolute Gasteiger partial charge is 0.227 e. The second kappa shape index (κ2) is 4.84. The van der Waals surface area contributed by atoms with Gasteiger partial charge in [0.25, 0.3) is 0 Å². The number of benzene rings is 1. The van der Waals surface area contributed by atoms with Crippen molar-refractivity contribution in [1.82, 2.24) is 10.1 Å². The number of nitrogens with two attached hydrogens (primary N) is 1. The zero-order chi connectivity index (χ0) is 14.3. The van der Waals surface area contributed by atoms with E-state index in [1.54, 1.807) is 0 Å². The predicted molar refractivity (Wildman–Crippen MR) is 76.9 cm³/mol. The molecule has 0 radical (unpaired) electrons. The van der Waals surface area contributed by atoms with Crippen LogP contribution in [0.5, 0.6) is 5.75 Å². The molecule has 21 heavy (non-hydrogen) atoms. The SMILES string of the molecule is NCC1(Cc2nc(C3Cc4ccccc4O3)no2)CCC1. The Morgan fingerprint density at radius 2 is 2.14 bits per heavy atom. The molecule has 5 nitrogen and oxygen atoms in total. The van der Waals surface area contributed by atoms with Gasteiger partial charge < -0.3 is 15.0 Å². The Morgan fingerprint density at radius 1 is 1.29 bits per heavy atom. The van der Waals surface area contributed by atoms with Crippen molar-refractivity contribution in [3.8, 4) is 5.75 Å². The molecular formula is C16H19N3O2. The third-order valence-electron chi connectivity index (χ3n) is 4.79. The molecule has 0 saturated heterocycles. The van der Waals surface area contributed by atoms with Gasteiger partial charge in [0.2, 0.25) is 11.7 Å². The first-order valence-electron chi connectivity index (χ1n) is 7.55. The number of para-hydroxylation sites is 1. The van der Waals surface area contributed by atoms with Gasteiger partial charge in [0.05, 0.1) is 0 Å². The number of hydrogen-bond acceptors (Lipinski definition) is 5. The molecule has 110 valence electrons. The van der Waals surface area contributed by atoms with E-state index in [0.29, 0.717) is 18.3 Å². The molecule has 5 heteroatoms. The molecule has 1 aliphatic heterocycles.